The monoisotopic (exact) mass is 302 g/mol. The van der Waals surface area contributed by atoms with Crippen molar-refractivity contribution >= 4 is 23.7 Å². The van der Waals surface area contributed by atoms with Crippen LogP contribution in [0.1, 0.15) is 25.8 Å². The highest BCUT2D eigenvalue weighted by Crippen LogP contribution is 2.40. The predicted molar refractivity (Wildman–Crippen MR) is 80.4 cm³/mol. The number of carbonyl (C=O) groups excluding carboxylic acids is 3. The average molecular weight is 302 g/mol. The van der Waals surface area contributed by atoms with Crippen molar-refractivity contribution in [1.29, 1.82) is 0 Å². The lowest BCUT2D eigenvalue weighted by molar-refractivity contribution is -0.124. The van der Waals surface area contributed by atoms with Gasteiger partial charge in [-0.1, -0.05) is 18.2 Å². The first-order chi connectivity index (χ1) is 10.4. The maximum atomic E-state index is 12.3. The van der Waals surface area contributed by atoms with Crippen molar-refractivity contribution in [1.82, 2.24) is 16.0 Å². The number of carbonyl (C=O) groups is 3. The lowest BCUT2D eigenvalue weighted by atomic mass is 9.82. The number of nitrogens with one attached hydrogen (secondary N) is 3. The minimum atomic E-state index is -1.08. The van der Waals surface area contributed by atoms with Crippen LogP contribution in [-0.2, 0) is 10.3 Å². The molecule has 116 valence electrons. The van der Waals surface area contributed by atoms with Crippen LogP contribution in [-0.4, -0.2) is 30.6 Å². The van der Waals surface area contributed by atoms with Crippen LogP contribution >= 0.6 is 0 Å². The molecule has 7 heteroatoms. The first-order valence-electron chi connectivity index (χ1n) is 7.25. The van der Waals surface area contributed by atoms with E-state index >= 15 is 0 Å². The summed E-state index contributed by atoms with van der Waals surface area (Å²) in [7, 11) is 0. The zero-order chi connectivity index (χ0) is 15.9. The third-order valence-electron chi connectivity index (χ3n) is 3.96. The van der Waals surface area contributed by atoms with Crippen molar-refractivity contribution in [2.75, 3.05) is 11.4 Å². The van der Waals surface area contributed by atoms with Crippen molar-refractivity contribution in [3.05, 3.63) is 29.8 Å². The highest BCUT2D eigenvalue weighted by Gasteiger charge is 2.51. The van der Waals surface area contributed by atoms with E-state index in [1.54, 1.807) is 23.1 Å². The molecular formula is C15H18N4O3. The van der Waals surface area contributed by atoms with E-state index in [-0.39, 0.29) is 18.0 Å². The molecule has 5 amide bonds. The van der Waals surface area contributed by atoms with Crippen molar-refractivity contribution < 1.29 is 14.4 Å². The Bertz CT molecular complexity index is 658. The molecule has 1 fully saturated rings. The summed E-state index contributed by atoms with van der Waals surface area (Å²) in [5.74, 6) is -0.367. The number of para-hydroxylation sites is 1. The molecule has 1 spiro atoms. The zero-order valence-electron chi connectivity index (χ0n) is 12.5. The van der Waals surface area contributed by atoms with E-state index in [0.29, 0.717) is 24.2 Å². The van der Waals surface area contributed by atoms with Gasteiger partial charge in [-0.25, -0.2) is 9.59 Å². The molecule has 2 aliphatic rings. The Labute approximate surface area is 128 Å². The van der Waals surface area contributed by atoms with Crippen molar-refractivity contribution in [3.8, 4) is 0 Å². The highest BCUT2D eigenvalue weighted by atomic mass is 16.2. The molecule has 0 aromatic heterocycles. The van der Waals surface area contributed by atoms with E-state index in [2.05, 4.69) is 16.0 Å². The summed E-state index contributed by atoms with van der Waals surface area (Å²) in [6.45, 7) is 4.13. The van der Waals surface area contributed by atoms with Crippen LogP contribution in [0.2, 0.25) is 0 Å². The van der Waals surface area contributed by atoms with Gasteiger partial charge in [0, 0.05) is 24.6 Å². The van der Waals surface area contributed by atoms with Crippen LogP contribution < -0.4 is 20.9 Å². The molecule has 3 N–H and O–H groups in total. The van der Waals surface area contributed by atoms with Gasteiger partial charge in [-0.05, 0) is 19.9 Å². The number of urea groups is 2. The Balaban J connectivity index is 2.02. The van der Waals surface area contributed by atoms with Gasteiger partial charge in [-0.2, -0.15) is 0 Å². The first-order valence-corrected chi connectivity index (χ1v) is 7.25. The van der Waals surface area contributed by atoms with Gasteiger partial charge in [-0.3, -0.25) is 15.0 Å². The summed E-state index contributed by atoms with van der Waals surface area (Å²) in [5.41, 5.74) is 0.204. The molecular weight excluding hydrogens is 284 g/mol. The highest BCUT2D eigenvalue weighted by molar-refractivity contribution is 6.09. The number of benzene rings is 1. The number of hydrogen-bond donors (Lipinski definition) is 3. The van der Waals surface area contributed by atoms with Crippen LogP contribution in [0.3, 0.4) is 0 Å². The lowest BCUT2D eigenvalue weighted by Crippen LogP contribution is -2.54. The van der Waals surface area contributed by atoms with Crippen LogP contribution in [0.5, 0.6) is 0 Å². The minimum Gasteiger partial charge on any atom is -0.336 e. The van der Waals surface area contributed by atoms with Gasteiger partial charge in [0.25, 0.3) is 5.91 Å². The Morgan fingerprint density at radius 3 is 2.68 bits per heavy atom. The predicted octanol–water partition coefficient (Wildman–Crippen LogP) is 1.05. The number of rotatable bonds is 1. The number of fused-ring (bicyclic) bond motifs is 2. The fraction of sp³-hybridized carbons (Fsp3) is 0.400. The van der Waals surface area contributed by atoms with E-state index in [9.17, 15) is 14.4 Å². The second-order valence-corrected chi connectivity index (χ2v) is 5.84. The Kier molecular flexibility index (Phi) is 3.27. The second kappa shape index (κ2) is 5.01. The number of nitrogens with zero attached hydrogens (tertiary/aromatic N) is 1. The van der Waals surface area contributed by atoms with E-state index in [4.69, 9.17) is 0 Å². The summed E-state index contributed by atoms with van der Waals surface area (Å²) in [5, 5.41) is 7.86. The molecule has 7 nitrogen and oxygen atoms in total. The number of amides is 5. The maximum absolute atomic E-state index is 12.3. The third kappa shape index (κ3) is 2.09. The van der Waals surface area contributed by atoms with E-state index in [1.165, 1.54) is 0 Å². The first kappa shape index (κ1) is 14.4. The van der Waals surface area contributed by atoms with Gasteiger partial charge in [0.15, 0.2) is 0 Å². The van der Waals surface area contributed by atoms with Crippen LogP contribution in [0.15, 0.2) is 24.3 Å². The van der Waals surface area contributed by atoms with Gasteiger partial charge in [-0.15, -0.1) is 0 Å². The fourth-order valence-corrected chi connectivity index (χ4v) is 3.00. The Hall–Kier alpha value is -2.57. The molecule has 2 heterocycles. The standard InChI is InChI=1S/C15H18N4O3/c1-9(2)16-14(22)19-8-7-15(12(20)17-13(21)18-15)10-5-3-4-6-11(10)19/h3-6,9H,7-8H2,1-2H3,(H,16,22)(H2,17,18,20,21). The smallest absolute Gasteiger partial charge is 0.322 e. The van der Waals surface area contributed by atoms with Crippen molar-refractivity contribution in [2.24, 2.45) is 0 Å². The van der Waals surface area contributed by atoms with Gasteiger partial charge < -0.3 is 10.6 Å². The van der Waals surface area contributed by atoms with Crippen molar-refractivity contribution in [2.45, 2.75) is 31.8 Å². The molecule has 1 saturated heterocycles. The summed E-state index contributed by atoms with van der Waals surface area (Å²) in [6, 6.07) is 6.47. The topological polar surface area (TPSA) is 90.5 Å². The SMILES string of the molecule is CC(C)NC(=O)N1CCC2(NC(=O)NC2=O)c2ccccc21. The number of hydrogen-bond acceptors (Lipinski definition) is 3. The van der Waals surface area contributed by atoms with E-state index in [1.807, 2.05) is 19.9 Å². The fourth-order valence-electron chi connectivity index (χ4n) is 3.00. The molecule has 0 aliphatic carbocycles. The minimum absolute atomic E-state index is 0.0185. The largest absolute Gasteiger partial charge is 0.336 e. The normalized spacial score (nSPS) is 23.3. The maximum Gasteiger partial charge on any atom is 0.322 e. The van der Waals surface area contributed by atoms with Gasteiger partial charge in [0.2, 0.25) is 0 Å². The Morgan fingerprint density at radius 1 is 1.32 bits per heavy atom. The summed E-state index contributed by atoms with van der Waals surface area (Å²) < 4.78 is 0. The molecule has 2 aliphatic heterocycles. The second-order valence-electron chi connectivity index (χ2n) is 5.84. The van der Waals surface area contributed by atoms with Crippen LogP contribution in [0, 0.1) is 0 Å². The molecule has 0 bridgehead atoms. The van der Waals surface area contributed by atoms with Crippen LogP contribution in [0.4, 0.5) is 15.3 Å². The molecule has 3 rings (SSSR count). The molecule has 1 aromatic rings. The number of anilines is 1. The van der Waals surface area contributed by atoms with Gasteiger partial charge >= 0.3 is 12.1 Å². The van der Waals surface area contributed by atoms with E-state index in [0.717, 1.165) is 0 Å². The molecule has 0 saturated carbocycles. The van der Waals surface area contributed by atoms with Gasteiger partial charge in [0.1, 0.15) is 5.54 Å². The Morgan fingerprint density at radius 2 is 2.05 bits per heavy atom. The molecule has 1 atom stereocenters. The van der Waals surface area contributed by atoms with Crippen molar-refractivity contribution in [3.63, 3.8) is 0 Å². The van der Waals surface area contributed by atoms with Gasteiger partial charge in [0.05, 0.1) is 5.69 Å². The lowest BCUT2D eigenvalue weighted by Gasteiger charge is -2.39. The molecule has 22 heavy (non-hydrogen) atoms. The molecule has 1 aromatic carbocycles. The average Bonchev–Trinajstić information content (AvgIpc) is 2.73. The zero-order valence-corrected chi connectivity index (χ0v) is 12.5. The molecule has 0 radical (unpaired) electrons. The summed E-state index contributed by atoms with van der Waals surface area (Å²) in [6.07, 6.45) is 0.340. The number of imide groups is 1. The van der Waals surface area contributed by atoms with Crippen LogP contribution in [0.25, 0.3) is 0 Å². The summed E-state index contributed by atoms with van der Waals surface area (Å²) >= 11 is 0. The third-order valence-corrected chi connectivity index (χ3v) is 3.96. The quantitative estimate of drug-likeness (QED) is 0.677. The summed E-state index contributed by atoms with van der Waals surface area (Å²) in [4.78, 5) is 37.8. The van der Waals surface area contributed by atoms with E-state index < -0.39 is 11.6 Å². The molecule has 1 unspecified atom stereocenters.